The van der Waals surface area contributed by atoms with Gasteiger partial charge in [-0.15, -0.1) is 0 Å². The molecule has 7 heteroatoms. The van der Waals surface area contributed by atoms with Crippen molar-refractivity contribution in [3.8, 4) is 11.5 Å². The Kier molecular flexibility index (Phi) is 9.15. The summed E-state index contributed by atoms with van der Waals surface area (Å²) in [6.07, 6.45) is -1.04. The summed E-state index contributed by atoms with van der Waals surface area (Å²) in [5, 5.41) is 9.87. The molecule has 158 valence electrons. The number of benzene rings is 2. The van der Waals surface area contributed by atoms with Crippen LogP contribution in [0.15, 0.2) is 85.0 Å². The maximum atomic E-state index is 12.0. The number of ether oxygens (including phenoxy) is 4. The number of para-hydroxylation sites is 2. The minimum absolute atomic E-state index is 0.0232. The van der Waals surface area contributed by atoms with E-state index < -0.39 is 18.0 Å². The molecule has 0 aromatic heterocycles. The highest BCUT2D eigenvalue weighted by Gasteiger charge is 2.20. The fourth-order valence-corrected chi connectivity index (χ4v) is 2.16. The molecule has 30 heavy (non-hydrogen) atoms. The van der Waals surface area contributed by atoms with Crippen molar-refractivity contribution >= 4 is 11.9 Å². The molecule has 0 aliphatic heterocycles. The van der Waals surface area contributed by atoms with Crippen LogP contribution in [0.3, 0.4) is 0 Å². The SMILES string of the molecule is C=C(C(=C)C(=O)OCC(O)COc1ccccc1)C(=O)OCCOc1ccccc1. The van der Waals surface area contributed by atoms with E-state index >= 15 is 0 Å². The van der Waals surface area contributed by atoms with Crippen molar-refractivity contribution in [1.82, 2.24) is 0 Å². The quantitative estimate of drug-likeness (QED) is 0.248. The molecule has 2 rings (SSSR count). The average Bonchev–Trinajstić information content (AvgIpc) is 2.79. The molecule has 0 spiro atoms. The van der Waals surface area contributed by atoms with Gasteiger partial charge in [0, 0.05) is 0 Å². The summed E-state index contributed by atoms with van der Waals surface area (Å²) in [5.41, 5.74) is -0.477. The lowest BCUT2D eigenvalue weighted by Gasteiger charge is -2.14. The third kappa shape index (κ3) is 7.81. The van der Waals surface area contributed by atoms with Gasteiger partial charge in [0.2, 0.25) is 0 Å². The van der Waals surface area contributed by atoms with E-state index in [-0.39, 0.29) is 37.6 Å². The molecule has 1 N–H and O–H groups in total. The maximum absolute atomic E-state index is 12.0. The lowest BCUT2D eigenvalue weighted by atomic mass is 10.1. The van der Waals surface area contributed by atoms with Crippen LogP contribution in [0.4, 0.5) is 0 Å². The smallest absolute Gasteiger partial charge is 0.338 e. The predicted octanol–water partition coefficient (Wildman–Crippen LogP) is 2.70. The molecule has 1 unspecified atom stereocenters. The number of carbonyl (C=O) groups excluding carboxylic acids is 2. The molecule has 0 aliphatic rings. The molecule has 0 fully saturated rings. The number of aliphatic hydroxyl groups is 1. The third-order valence-corrected chi connectivity index (χ3v) is 3.78. The summed E-state index contributed by atoms with van der Waals surface area (Å²) < 4.78 is 20.7. The number of rotatable bonds is 12. The summed E-state index contributed by atoms with van der Waals surface area (Å²) in [5.74, 6) is -0.451. The normalized spacial score (nSPS) is 11.1. The first-order valence-electron chi connectivity index (χ1n) is 9.23. The second kappa shape index (κ2) is 12.1. The number of carbonyl (C=O) groups is 2. The van der Waals surface area contributed by atoms with Crippen LogP contribution in [0, 0.1) is 0 Å². The zero-order chi connectivity index (χ0) is 21.8. The van der Waals surface area contributed by atoms with Gasteiger partial charge in [-0.05, 0) is 24.3 Å². The van der Waals surface area contributed by atoms with E-state index in [9.17, 15) is 14.7 Å². The third-order valence-electron chi connectivity index (χ3n) is 3.78. The van der Waals surface area contributed by atoms with E-state index in [1.807, 2.05) is 24.3 Å². The van der Waals surface area contributed by atoms with Gasteiger partial charge in [-0.1, -0.05) is 49.6 Å². The van der Waals surface area contributed by atoms with Crippen LogP contribution in [0.1, 0.15) is 0 Å². The van der Waals surface area contributed by atoms with Gasteiger partial charge >= 0.3 is 11.9 Å². The van der Waals surface area contributed by atoms with Crippen LogP contribution in [0.25, 0.3) is 0 Å². The van der Waals surface area contributed by atoms with Crippen molar-refractivity contribution in [2.45, 2.75) is 6.10 Å². The van der Waals surface area contributed by atoms with Gasteiger partial charge in [0.1, 0.15) is 44.0 Å². The molecular weight excluding hydrogens is 388 g/mol. The van der Waals surface area contributed by atoms with Gasteiger partial charge < -0.3 is 24.1 Å². The molecule has 0 aliphatic carbocycles. The minimum atomic E-state index is -1.04. The van der Waals surface area contributed by atoms with Gasteiger partial charge in [-0.3, -0.25) is 0 Å². The van der Waals surface area contributed by atoms with E-state index in [4.69, 9.17) is 18.9 Å². The highest BCUT2D eigenvalue weighted by molar-refractivity contribution is 6.06. The van der Waals surface area contributed by atoms with Crippen molar-refractivity contribution in [2.75, 3.05) is 26.4 Å². The maximum Gasteiger partial charge on any atom is 0.338 e. The highest BCUT2D eigenvalue weighted by Crippen LogP contribution is 2.12. The Bertz CT molecular complexity index is 846. The molecule has 7 nitrogen and oxygen atoms in total. The number of hydrogen-bond acceptors (Lipinski definition) is 7. The van der Waals surface area contributed by atoms with Gasteiger partial charge in [0.25, 0.3) is 0 Å². The second-order valence-corrected chi connectivity index (χ2v) is 6.13. The fraction of sp³-hybridized carbons (Fsp3) is 0.217. The zero-order valence-corrected chi connectivity index (χ0v) is 16.5. The monoisotopic (exact) mass is 412 g/mol. The Labute approximate surface area is 175 Å². The first-order valence-corrected chi connectivity index (χ1v) is 9.23. The standard InChI is InChI=1S/C23H24O7/c1-17(22(25)28-14-13-27-20-9-5-3-6-10-20)18(2)23(26)30-16-19(24)15-29-21-11-7-4-8-12-21/h3-12,19,24H,1-2,13-16H2. The van der Waals surface area contributed by atoms with Crippen molar-refractivity contribution in [3.05, 3.63) is 85.0 Å². The van der Waals surface area contributed by atoms with E-state index in [0.29, 0.717) is 11.5 Å². The van der Waals surface area contributed by atoms with Gasteiger partial charge in [0.15, 0.2) is 0 Å². The Hall–Kier alpha value is -3.58. The van der Waals surface area contributed by atoms with Gasteiger partial charge in [-0.25, -0.2) is 9.59 Å². The average molecular weight is 412 g/mol. The van der Waals surface area contributed by atoms with Crippen LogP contribution in [-0.2, 0) is 19.1 Å². The topological polar surface area (TPSA) is 91.3 Å². The molecule has 0 bridgehead atoms. The second-order valence-electron chi connectivity index (χ2n) is 6.13. The summed E-state index contributed by atoms with van der Waals surface area (Å²) >= 11 is 0. The van der Waals surface area contributed by atoms with Crippen LogP contribution in [0.5, 0.6) is 11.5 Å². The van der Waals surface area contributed by atoms with Crippen LogP contribution in [0.2, 0.25) is 0 Å². The molecule has 2 aromatic carbocycles. The number of hydrogen-bond donors (Lipinski definition) is 1. The Morgan fingerprint density at radius 3 is 1.80 bits per heavy atom. The van der Waals surface area contributed by atoms with E-state index in [1.54, 1.807) is 36.4 Å². The summed E-state index contributed by atoms with van der Waals surface area (Å²) in [7, 11) is 0. The molecule has 1 atom stereocenters. The van der Waals surface area contributed by atoms with Gasteiger partial charge in [-0.2, -0.15) is 0 Å². The van der Waals surface area contributed by atoms with E-state index in [0.717, 1.165) is 0 Å². The molecular formula is C23H24O7. The Morgan fingerprint density at radius 2 is 1.23 bits per heavy atom. The van der Waals surface area contributed by atoms with Crippen LogP contribution >= 0.6 is 0 Å². The van der Waals surface area contributed by atoms with Crippen LogP contribution < -0.4 is 9.47 Å². The summed E-state index contributed by atoms with van der Waals surface area (Å²) in [6.45, 7) is 6.76. The first-order chi connectivity index (χ1) is 14.5. The molecule has 0 saturated heterocycles. The minimum Gasteiger partial charge on any atom is -0.491 e. The molecule has 0 amide bonds. The number of aliphatic hydroxyl groups excluding tert-OH is 1. The lowest BCUT2D eigenvalue weighted by Crippen LogP contribution is -2.26. The van der Waals surface area contributed by atoms with E-state index in [2.05, 4.69) is 13.2 Å². The van der Waals surface area contributed by atoms with E-state index in [1.165, 1.54) is 0 Å². The largest absolute Gasteiger partial charge is 0.491 e. The number of esters is 2. The van der Waals surface area contributed by atoms with Crippen molar-refractivity contribution in [3.63, 3.8) is 0 Å². The zero-order valence-electron chi connectivity index (χ0n) is 16.5. The molecule has 0 radical (unpaired) electrons. The summed E-state index contributed by atoms with van der Waals surface area (Å²) in [4.78, 5) is 24.0. The fourth-order valence-electron chi connectivity index (χ4n) is 2.16. The molecule has 0 saturated carbocycles. The highest BCUT2D eigenvalue weighted by atomic mass is 16.6. The Balaban J connectivity index is 1.65. The molecule has 0 heterocycles. The van der Waals surface area contributed by atoms with Gasteiger partial charge in [0.05, 0.1) is 11.1 Å². The Morgan fingerprint density at radius 1 is 0.733 bits per heavy atom. The van der Waals surface area contributed by atoms with Crippen LogP contribution in [-0.4, -0.2) is 49.6 Å². The first kappa shape index (κ1) is 22.7. The van der Waals surface area contributed by atoms with Crippen molar-refractivity contribution in [2.24, 2.45) is 0 Å². The summed E-state index contributed by atoms with van der Waals surface area (Å²) in [6, 6.07) is 18.0. The lowest BCUT2D eigenvalue weighted by molar-refractivity contribution is -0.144. The molecule has 2 aromatic rings. The van der Waals surface area contributed by atoms with Crippen molar-refractivity contribution in [1.29, 1.82) is 0 Å². The van der Waals surface area contributed by atoms with Crippen molar-refractivity contribution < 1.29 is 33.6 Å². The predicted molar refractivity (Wildman–Crippen MR) is 110 cm³/mol.